The van der Waals surface area contributed by atoms with E-state index in [0.29, 0.717) is 0 Å². The quantitative estimate of drug-likeness (QED) is 0.278. The van der Waals surface area contributed by atoms with Gasteiger partial charge in [0.25, 0.3) is 0 Å². The molecule has 0 fully saturated rings. The van der Waals surface area contributed by atoms with Crippen LogP contribution >= 0.6 is 19.9 Å². The fraction of sp³-hybridized carbons (Fsp3) is 0. The van der Waals surface area contributed by atoms with Gasteiger partial charge in [-0.3, -0.25) is 0 Å². The lowest BCUT2D eigenvalue weighted by atomic mass is 10.6. The van der Waals surface area contributed by atoms with Gasteiger partial charge in [-0.25, -0.2) is 0 Å². The van der Waals surface area contributed by atoms with Gasteiger partial charge in [0.2, 0.25) is 0 Å². The summed E-state index contributed by atoms with van der Waals surface area (Å²) in [6, 6.07) is 0. The van der Waals surface area contributed by atoms with Gasteiger partial charge in [0.05, 0.1) is 0 Å². The Balaban J connectivity index is 1.97. The molecule has 0 aliphatic rings. The van der Waals surface area contributed by atoms with Gasteiger partial charge in [0.15, 0.2) is 0 Å². The molecule has 0 spiro atoms. The second-order valence-electron chi connectivity index (χ2n) is 0.292. The lowest BCUT2D eigenvalue weighted by Crippen LogP contribution is -1.46. The van der Waals surface area contributed by atoms with Crippen molar-refractivity contribution in [2.75, 3.05) is 0 Å². The third-order valence-electron chi connectivity index (χ3n) is 0.0598. The molecule has 0 radical (unpaired) electrons. The van der Waals surface area contributed by atoms with Crippen LogP contribution in [0.15, 0.2) is 0 Å². The number of hydrogen-bond donors (Lipinski definition) is 1. The number of hydrogen-bond acceptors (Lipinski definition) is 1. The van der Waals surface area contributed by atoms with Crippen LogP contribution in [0.25, 0.3) is 0 Å². The molecule has 0 saturated heterocycles. The van der Waals surface area contributed by atoms with Crippen LogP contribution in [0.4, 0.5) is 4.32 Å². The minimum atomic E-state index is -0.289. The highest BCUT2D eigenvalue weighted by atomic mass is 32.7. The molecule has 4 heteroatoms. The molecule has 24 valence electrons. The second kappa shape index (κ2) is 3.77. The average Bonchev–Trinajstić information content (AvgIpc) is 1.37. The van der Waals surface area contributed by atoms with Gasteiger partial charge in [0.1, 0.15) is 0 Å². The molecule has 1 atom stereocenters. The van der Waals surface area contributed by atoms with E-state index in [-0.39, 0.29) is 14.9 Å². The summed E-state index contributed by atoms with van der Waals surface area (Å²) in [5, 5.41) is 0. The molecule has 0 nitrogen and oxygen atoms in total. The summed E-state index contributed by atoms with van der Waals surface area (Å²) in [7, 11) is -0.120. The molecule has 0 heterocycles. The smallest absolute Gasteiger partial charge is 0.334 e. The Labute approximate surface area is 32.4 Å². The molecule has 0 rings (SSSR count). The first-order chi connectivity index (χ1) is 1.91. The summed E-state index contributed by atoms with van der Waals surface area (Å²) < 4.78 is 10.7. The van der Waals surface area contributed by atoms with E-state index in [1.54, 1.807) is 0 Å². The van der Waals surface area contributed by atoms with Gasteiger partial charge in [-0.05, 0) is 0 Å². The highest BCUT2D eigenvalue weighted by molar-refractivity contribution is 8.46. The third kappa shape index (κ3) is 2.77. The molecule has 0 aliphatic carbocycles. The van der Waals surface area contributed by atoms with Crippen molar-refractivity contribution < 1.29 is 4.32 Å². The Morgan fingerprint density at radius 1 is 2.00 bits per heavy atom. The van der Waals surface area contributed by atoms with E-state index in [0.717, 1.165) is 0 Å². The van der Waals surface area contributed by atoms with Gasteiger partial charge in [-0.15, -0.1) is 0 Å². The number of rotatable bonds is 1. The molecule has 0 saturated carbocycles. The van der Waals surface area contributed by atoms with Crippen LogP contribution in [0.3, 0.4) is 0 Å². The lowest BCUT2D eigenvalue weighted by Gasteiger charge is -1.60. The Kier molecular flexibility index (Phi) is 4.51. The van der Waals surface area contributed by atoms with E-state index in [2.05, 4.69) is 12.2 Å². The fourth-order valence-corrected chi connectivity index (χ4v) is 0. The SMILES string of the molecule is FBPS. The second-order valence-corrected chi connectivity index (χ2v) is 1.82. The predicted octanol–water partition coefficient (Wildman–Crippen LogP) is 0.746. The number of halogens is 1. The molecular weight excluding hydrogens is 92.9 g/mol. The zero-order chi connectivity index (χ0) is 3.41. The van der Waals surface area contributed by atoms with Crippen molar-refractivity contribution in [2.24, 2.45) is 0 Å². The first-order valence-electron chi connectivity index (χ1n) is 0.844. The largest absolute Gasteiger partial charge is 0.365 e. The van der Waals surface area contributed by atoms with E-state index < -0.39 is 0 Å². The van der Waals surface area contributed by atoms with Crippen LogP contribution < -0.4 is 0 Å². The average molecular weight is 95.9 g/mol. The minimum Gasteiger partial charge on any atom is -0.334 e. The first-order valence-corrected chi connectivity index (χ1v) is 3.34. The molecule has 0 N–H and O–H groups in total. The summed E-state index contributed by atoms with van der Waals surface area (Å²) in [4.78, 5) is 0. The van der Waals surface area contributed by atoms with Gasteiger partial charge in [-0.2, -0.15) is 12.2 Å². The van der Waals surface area contributed by atoms with Crippen molar-refractivity contribution in [1.82, 2.24) is 0 Å². The van der Waals surface area contributed by atoms with E-state index >= 15 is 0 Å². The summed E-state index contributed by atoms with van der Waals surface area (Å²) in [5.41, 5.74) is 0. The van der Waals surface area contributed by atoms with Crippen molar-refractivity contribution in [2.45, 2.75) is 0 Å². The maximum Gasteiger partial charge on any atom is 0.365 e. The van der Waals surface area contributed by atoms with Crippen molar-refractivity contribution in [1.29, 1.82) is 0 Å². The van der Waals surface area contributed by atoms with Crippen molar-refractivity contribution in [3.05, 3.63) is 0 Å². The van der Waals surface area contributed by atoms with E-state index in [1.165, 1.54) is 0 Å². The zero-order valence-corrected chi connectivity index (χ0v) is 3.93. The van der Waals surface area contributed by atoms with Crippen LogP contribution in [0.1, 0.15) is 0 Å². The molecule has 0 aliphatic heterocycles. The van der Waals surface area contributed by atoms with Crippen molar-refractivity contribution in [3.63, 3.8) is 0 Å². The van der Waals surface area contributed by atoms with Crippen LogP contribution in [0.5, 0.6) is 0 Å². The minimum absolute atomic E-state index is 0.168. The summed E-state index contributed by atoms with van der Waals surface area (Å²) in [6.45, 7) is 0. The third-order valence-corrected chi connectivity index (χ3v) is 0.538. The summed E-state index contributed by atoms with van der Waals surface area (Å²) >= 11 is 3.57. The molecule has 0 aromatic heterocycles. The predicted molar refractivity (Wildman–Crippen MR) is 25.6 cm³/mol. The van der Waals surface area contributed by atoms with Crippen molar-refractivity contribution in [3.8, 4) is 0 Å². The van der Waals surface area contributed by atoms with Crippen LogP contribution in [-0.4, -0.2) is 7.28 Å². The van der Waals surface area contributed by atoms with E-state index in [9.17, 15) is 4.32 Å². The standard InChI is InChI=1S/BFH3PS/c2-1-3-4/h1,3-4H. The topological polar surface area (TPSA) is 0 Å². The highest BCUT2D eigenvalue weighted by Gasteiger charge is 1.69. The lowest BCUT2D eigenvalue weighted by molar-refractivity contribution is 0.895. The van der Waals surface area contributed by atoms with Crippen LogP contribution in [0, 0.1) is 0 Å². The van der Waals surface area contributed by atoms with Gasteiger partial charge >= 0.3 is 7.28 Å². The monoisotopic (exact) mass is 96.0 g/mol. The summed E-state index contributed by atoms with van der Waals surface area (Å²) in [5.74, 6) is 0. The molecule has 1 unspecified atom stereocenters. The van der Waals surface area contributed by atoms with Crippen LogP contribution in [0.2, 0.25) is 0 Å². The van der Waals surface area contributed by atoms with Gasteiger partial charge in [-0.1, -0.05) is 7.66 Å². The molecule has 0 amide bonds. The molecule has 4 heavy (non-hydrogen) atoms. The Morgan fingerprint density at radius 2 is 2.25 bits per heavy atom. The molecule has 0 aromatic rings. The molecular formula is H3BFPS. The van der Waals surface area contributed by atoms with E-state index in [1.807, 2.05) is 0 Å². The first kappa shape index (κ1) is 4.77. The zero-order valence-electron chi connectivity index (χ0n) is 2.03. The van der Waals surface area contributed by atoms with E-state index in [4.69, 9.17) is 0 Å². The summed E-state index contributed by atoms with van der Waals surface area (Å²) in [6.07, 6.45) is 0. The van der Waals surface area contributed by atoms with Gasteiger partial charge < -0.3 is 4.32 Å². The Hall–Kier alpha value is 0.775. The van der Waals surface area contributed by atoms with Crippen molar-refractivity contribution >= 4 is 27.2 Å². The Bertz CT molecular complexity index is 10.0. The Morgan fingerprint density at radius 3 is 2.25 bits per heavy atom. The number of thiol groups is 1. The maximum absolute atomic E-state index is 10.7. The molecule has 0 bridgehead atoms. The molecule has 0 aromatic carbocycles. The van der Waals surface area contributed by atoms with Crippen LogP contribution in [-0.2, 0) is 0 Å². The maximum atomic E-state index is 10.7. The fourth-order valence-electron chi connectivity index (χ4n) is 0. The van der Waals surface area contributed by atoms with Gasteiger partial charge in [0, 0.05) is 0 Å². The normalized spacial score (nSPS) is 9.50. The highest BCUT2D eigenvalue weighted by Crippen LogP contribution is 2.09.